The van der Waals surface area contributed by atoms with Crippen molar-refractivity contribution in [1.82, 2.24) is 14.5 Å². The van der Waals surface area contributed by atoms with E-state index in [4.69, 9.17) is 5.11 Å². The van der Waals surface area contributed by atoms with Crippen LogP contribution in [0.4, 0.5) is 4.39 Å². The number of halogens is 1. The van der Waals surface area contributed by atoms with E-state index in [1.54, 1.807) is 24.5 Å². The minimum absolute atomic E-state index is 0.0264. The Morgan fingerprint density at radius 1 is 1.08 bits per heavy atom. The lowest BCUT2D eigenvalue weighted by Gasteiger charge is -2.10. The summed E-state index contributed by atoms with van der Waals surface area (Å²) < 4.78 is 16.4. The maximum Gasteiger partial charge on any atom is 0.240 e. The highest BCUT2D eigenvalue weighted by Crippen LogP contribution is 2.24. The molecule has 0 radical (unpaired) electrons. The third-order valence-electron chi connectivity index (χ3n) is 4.01. The largest absolute Gasteiger partial charge is 0.395 e. The lowest BCUT2D eigenvalue weighted by molar-refractivity contribution is 0.305. The minimum atomic E-state index is -0.538. The lowest BCUT2D eigenvalue weighted by Crippen LogP contribution is -2.05. The molecule has 4 nitrogen and oxygen atoms in total. The van der Waals surface area contributed by atoms with E-state index in [0.717, 1.165) is 18.4 Å². The fourth-order valence-electron chi connectivity index (χ4n) is 2.80. The minimum Gasteiger partial charge on any atom is -0.395 e. The first-order chi connectivity index (χ1) is 12.8. The van der Waals surface area contributed by atoms with Crippen molar-refractivity contribution >= 4 is 0 Å². The van der Waals surface area contributed by atoms with Crippen LogP contribution in [0.1, 0.15) is 24.2 Å². The first-order valence-electron chi connectivity index (χ1n) is 8.59. The molecule has 132 valence electrons. The van der Waals surface area contributed by atoms with Crippen molar-refractivity contribution in [1.29, 1.82) is 0 Å². The lowest BCUT2D eigenvalue weighted by atomic mass is 10.1. The number of nitrogens with zero attached hydrogens (tertiary/aromatic N) is 3. The second-order valence-corrected chi connectivity index (χ2v) is 5.83. The molecule has 2 heterocycles. The zero-order chi connectivity index (χ0) is 18.2. The van der Waals surface area contributed by atoms with Crippen LogP contribution in [-0.4, -0.2) is 26.2 Å². The number of hydrogen-bond acceptors (Lipinski definition) is 3. The molecular weight excluding hydrogens is 329 g/mol. The summed E-state index contributed by atoms with van der Waals surface area (Å²) in [6.07, 6.45) is 5.33. The van der Waals surface area contributed by atoms with Gasteiger partial charge in [0.25, 0.3) is 0 Å². The molecule has 0 atom stereocenters. The van der Waals surface area contributed by atoms with Gasteiger partial charge in [0, 0.05) is 30.9 Å². The summed E-state index contributed by atoms with van der Waals surface area (Å²) in [6, 6.07) is 13.7. The number of benzene rings is 1. The molecule has 1 aromatic carbocycles. The van der Waals surface area contributed by atoms with Gasteiger partial charge >= 0.3 is 0 Å². The number of aliphatic hydroxyl groups is 1. The SMILES string of the molecule is OCCC#Cc1nc(F)c(-c2ccncc2)n1CCCc1ccccc1. The highest BCUT2D eigenvalue weighted by molar-refractivity contribution is 5.60. The van der Waals surface area contributed by atoms with Crippen molar-refractivity contribution in [2.45, 2.75) is 25.8 Å². The standard InChI is InChI=1S/C21H20FN3O/c22-21-20(18-11-13-23-14-12-18)25(19(24-21)10-4-5-16-26)15-6-9-17-7-2-1-3-8-17/h1-3,7-8,11-14,26H,5-6,9,15-16H2. The Morgan fingerprint density at radius 3 is 2.58 bits per heavy atom. The van der Waals surface area contributed by atoms with Gasteiger partial charge in [0.05, 0.1) is 6.61 Å². The number of aromatic nitrogens is 3. The molecule has 0 saturated carbocycles. The van der Waals surface area contributed by atoms with Gasteiger partial charge in [0.15, 0.2) is 5.82 Å². The van der Waals surface area contributed by atoms with Crippen LogP contribution in [0.15, 0.2) is 54.9 Å². The number of imidazole rings is 1. The Bertz CT molecular complexity index is 896. The maximum atomic E-state index is 14.5. The van der Waals surface area contributed by atoms with Crippen LogP contribution in [-0.2, 0) is 13.0 Å². The Morgan fingerprint density at radius 2 is 1.85 bits per heavy atom. The summed E-state index contributed by atoms with van der Waals surface area (Å²) in [6.45, 7) is 0.577. The van der Waals surface area contributed by atoms with E-state index in [0.29, 0.717) is 24.5 Å². The fraction of sp³-hybridized carbons (Fsp3) is 0.238. The van der Waals surface area contributed by atoms with Crippen molar-refractivity contribution in [2.75, 3.05) is 6.61 Å². The molecule has 0 amide bonds. The van der Waals surface area contributed by atoms with E-state index in [2.05, 4.69) is 33.9 Å². The van der Waals surface area contributed by atoms with Gasteiger partial charge < -0.3 is 9.67 Å². The number of aryl methyl sites for hydroxylation is 1. The first kappa shape index (κ1) is 17.8. The summed E-state index contributed by atoms with van der Waals surface area (Å²) in [4.78, 5) is 8.00. The monoisotopic (exact) mass is 349 g/mol. The van der Waals surface area contributed by atoms with Crippen LogP contribution in [0.25, 0.3) is 11.3 Å². The molecule has 0 spiro atoms. The highest BCUT2D eigenvalue weighted by Gasteiger charge is 2.17. The Balaban J connectivity index is 1.88. The summed E-state index contributed by atoms with van der Waals surface area (Å²) in [5, 5.41) is 8.91. The fourth-order valence-corrected chi connectivity index (χ4v) is 2.80. The number of hydrogen-bond donors (Lipinski definition) is 1. The molecule has 0 fully saturated rings. The van der Waals surface area contributed by atoms with Gasteiger partial charge in [-0.3, -0.25) is 4.98 Å². The number of rotatable bonds is 6. The third-order valence-corrected chi connectivity index (χ3v) is 4.01. The zero-order valence-electron chi connectivity index (χ0n) is 14.4. The predicted octanol–water partition coefficient (Wildman–Crippen LogP) is 3.45. The second kappa shape index (κ2) is 8.93. The van der Waals surface area contributed by atoms with Crippen molar-refractivity contribution in [2.24, 2.45) is 0 Å². The van der Waals surface area contributed by atoms with E-state index in [9.17, 15) is 4.39 Å². The van der Waals surface area contributed by atoms with E-state index in [1.165, 1.54) is 5.56 Å². The van der Waals surface area contributed by atoms with Gasteiger partial charge in [-0.05, 0) is 36.5 Å². The van der Waals surface area contributed by atoms with E-state index < -0.39 is 5.95 Å². The molecule has 5 heteroatoms. The Labute approximate surface area is 152 Å². The summed E-state index contributed by atoms with van der Waals surface area (Å²) in [7, 11) is 0. The third kappa shape index (κ3) is 4.35. The van der Waals surface area contributed by atoms with Crippen molar-refractivity contribution in [3.63, 3.8) is 0 Å². The second-order valence-electron chi connectivity index (χ2n) is 5.83. The van der Waals surface area contributed by atoms with Crippen LogP contribution in [0.5, 0.6) is 0 Å². The molecule has 3 rings (SSSR count). The maximum absolute atomic E-state index is 14.5. The van der Waals surface area contributed by atoms with E-state index in [1.807, 2.05) is 22.8 Å². The molecule has 0 saturated heterocycles. The molecule has 1 N–H and O–H groups in total. The van der Waals surface area contributed by atoms with Crippen molar-refractivity contribution in [3.05, 3.63) is 72.2 Å². The van der Waals surface area contributed by atoms with Crippen LogP contribution in [0, 0.1) is 17.8 Å². The number of aliphatic hydroxyl groups excluding tert-OH is 1. The molecule has 0 aliphatic heterocycles. The van der Waals surface area contributed by atoms with Crippen molar-refractivity contribution in [3.8, 4) is 23.1 Å². The quantitative estimate of drug-likeness (QED) is 0.694. The van der Waals surface area contributed by atoms with Gasteiger partial charge in [0.1, 0.15) is 5.69 Å². The van der Waals surface area contributed by atoms with Gasteiger partial charge in [-0.25, -0.2) is 0 Å². The average molecular weight is 349 g/mol. The normalized spacial score (nSPS) is 10.4. The van der Waals surface area contributed by atoms with Gasteiger partial charge in [-0.15, -0.1) is 0 Å². The topological polar surface area (TPSA) is 50.9 Å². The molecular formula is C21H20FN3O. The van der Waals surface area contributed by atoms with Crippen LogP contribution >= 0.6 is 0 Å². The van der Waals surface area contributed by atoms with Crippen LogP contribution in [0.3, 0.4) is 0 Å². The first-order valence-corrected chi connectivity index (χ1v) is 8.59. The summed E-state index contributed by atoms with van der Waals surface area (Å²) >= 11 is 0. The molecule has 26 heavy (non-hydrogen) atoms. The van der Waals surface area contributed by atoms with E-state index in [-0.39, 0.29) is 6.61 Å². The molecule has 2 aromatic heterocycles. The van der Waals surface area contributed by atoms with Crippen LogP contribution < -0.4 is 0 Å². The van der Waals surface area contributed by atoms with Crippen LogP contribution in [0.2, 0.25) is 0 Å². The Hall–Kier alpha value is -2.97. The van der Waals surface area contributed by atoms with E-state index >= 15 is 0 Å². The Kier molecular flexibility index (Phi) is 6.13. The molecule has 3 aromatic rings. The zero-order valence-corrected chi connectivity index (χ0v) is 14.4. The predicted molar refractivity (Wildman–Crippen MR) is 98.8 cm³/mol. The molecule has 0 unspecified atom stereocenters. The van der Waals surface area contributed by atoms with Gasteiger partial charge in [-0.1, -0.05) is 36.3 Å². The number of pyridine rings is 1. The van der Waals surface area contributed by atoms with Gasteiger partial charge in [0.2, 0.25) is 5.95 Å². The summed E-state index contributed by atoms with van der Waals surface area (Å²) in [5.41, 5.74) is 2.39. The summed E-state index contributed by atoms with van der Waals surface area (Å²) in [5.74, 6) is 5.56. The smallest absolute Gasteiger partial charge is 0.240 e. The molecule has 0 aliphatic carbocycles. The highest BCUT2D eigenvalue weighted by atomic mass is 19.1. The molecule has 0 aliphatic rings. The molecule has 0 bridgehead atoms. The average Bonchev–Trinajstić information content (AvgIpc) is 2.99. The van der Waals surface area contributed by atoms with Gasteiger partial charge in [-0.2, -0.15) is 9.37 Å². The van der Waals surface area contributed by atoms with Crippen molar-refractivity contribution < 1.29 is 9.50 Å².